The van der Waals surface area contributed by atoms with E-state index in [1.54, 1.807) is 0 Å². The summed E-state index contributed by atoms with van der Waals surface area (Å²) < 4.78 is 0. The Kier molecular flexibility index (Phi) is 4.34. The van der Waals surface area contributed by atoms with Crippen LogP contribution in [0.2, 0.25) is 0 Å². The maximum atomic E-state index is 6.05. The number of nitrogens with two attached hydrogens (primary N) is 1. The molecule has 0 radical (unpaired) electrons. The highest BCUT2D eigenvalue weighted by atomic mass is 15.0. The Morgan fingerprint density at radius 1 is 1.00 bits per heavy atom. The number of hydrogen-bond acceptors (Lipinski definition) is 2. The SMILES string of the molecule is NCC(NC1CCCCC1)c1cccc2ccccc12. The molecule has 106 valence electrons. The van der Waals surface area contributed by atoms with Crippen molar-refractivity contribution in [2.45, 2.75) is 44.2 Å². The van der Waals surface area contributed by atoms with Gasteiger partial charge in [0.15, 0.2) is 0 Å². The quantitative estimate of drug-likeness (QED) is 0.886. The molecule has 2 aromatic rings. The average Bonchev–Trinajstić information content (AvgIpc) is 2.53. The van der Waals surface area contributed by atoms with Gasteiger partial charge in [-0.25, -0.2) is 0 Å². The second-order valence-corrected chi connectivity index (χ2v) is 5.86. The maximum absolute atomic E-state index is 6.05. The summed E-state index contributed by atoms with van der Waals surface area (Å²) in [7, 11) is 0. The van der Waals surface area contributed by atoms with E-state index in [0.29, 0.717) is 12.6 Å². The van der Waals surface area contributed by atoms with E-state index >= 15 is 0 Å². The van der Waals surface area contributed by atoms with Crippen LogP contribution in [0.5, 0.6) is 0 Å². The zero-order chi connectivity index (χ0) is 13.8. The van der Waals surface area contributed by atoms with Crippen LogP contribution in [0.25, 0.3) is 10.8 Å². The summed E-state index contributed by atoms with van der Waals surface area (Å²) >= 11 is 0. The van der Waals surface area contributed by atoms with Gasteiger partial charge in [0.05, 0.1) is 0 Å². The minimum Gasteiger partial charge on any atom is -0.329 e. The van der Waals surface area contributed by atoms with Crippen molar-refractivity contribution in [3.63, 3.8) is 0 Å². The lowest BCUT2D eigenvalue weighted by Crippen LogP contribution is -2.37. The fourth-order valence-corrected chi connectivity index (χ4v) is 3.39. The third-order valence-electron chi connectivity index (χ3n) is 4.48. The van der Waals surface area contributed by atoms with Crippen LogP contribution < -0.4 is 11.1 Å². The van der Waals surface area contributed by atoms with Crippen LogP contribution in [0.3, 0.4) is 0 Å². The van der Waals surface area contributed by atoms with Crippen molar-refractivity contribution in [1.29, 1.82) is 0 Å². The zero-order valence-electron chi connectivity index (χ0n) is 12.0. The molecule has 0 aromatic heterocycles. The van der Waals surface area contributed by atoms with Crippen molar-refractivity contribution in [1.82, 2.24) is 5.32 Å². The summed E-state index contributed by atoms with van der Waals surface area (Å²) in [6.45, 7) is 0.657. The average molecular weight is 268 g/mol. The molecule has 0 spiro atoms. The third kappa shape index (κ3) is 2.87. The van der Waals surface area contributed by atoms with Crippen molar-refractivity contribution in [2.75, 3.05) is 6.54 Å². The monoisotopic (exact) mass is 268 g/mol. The van der Waals surface area contributed by atoms with E-state index in [0.717, 1.165) is 0 Å². The number of rotatable bonds is 4. The first-order valence-corrected chi connectivity index (χ1v) is 7.82. The van der Waals surface area contributed by atoms with Gasteiger partial charge in [0, 0.05) is 18.6 Å². The first-order chi connectivity index (χ1) is 9.88. The van der Waals surface area contributed by atoms with Gasteiger partial charge in [0.2, 0.25) is 0 Å². The fraction of sp³-hybridized carbons (Fsp3) is 0.444. The zero-order valence-corrected chi connectivity index (χ0v) is 12.0. The van der Waals surface area contributed by atoms with Crippen molar-refractivity contribution in [3.8, 4) is 0 Å². The van der Waals surface area contributed by atoms with E-state index in [1.165, 1.54) is 48.4 Å². The summed E-state index contributed by atoms with van der Waals surface area (Å²) in [6.07, 6.45) is 6.68. The highest BCUT2D eigenvalue weighted by molar-refractivity contribution is 5.86. The van der Waals surface area contributed by atoms with Crippen LogP contribution >= 0.6 is 0 Å². The standard InChI is InChI=1S/C18H24N2/c19-13-18(20-15-9-2-1-3-10-15)17-12-6-8-14-7-4-5-11-16(14)17/h4-8,11-12,15,18,20H,1-3,9-10,13,19H2. The molecule has 0 bridgehead atoms. The maximum Gasteiger partial charge on any atom is 0.0452 e. The van der Waals surface area contributed by atoms with Gasteiger partial charge in [0.25, 0.3) is 0 Å². The topological polar surface area (TPSA) is 38.0 Å². The molecule has 1 aliphatic rings. The van der Waals surface area contributed by atoms with Crippen molar-refractivity contribution >= 4 is 10.8 Å². The third-order valence-corrected chi connectivity index (χ3v) is 4.48. The lowest BCUT2D eigenvalue weighted by atomic mass is 9.93. The minimum atomic E-state index is 0.268. The minimum absolute atomic E-state index is 0.268. The molecule has 3 N–H and O–H groups in total. The fourth-order valence-electron chi connectivity index (χ4n) is 3.39. The van der Waals surface area contributed by atoms with E-state index in [2.05, 4.69) is 47.8 Å². The van der Waals surface area contributed by atoms with Crippen LogP contribution in [-0.2, 0) is 0 Å². The van der Waals surface area contributed by atoms with Gasteiger partial charge in [-0.15, -0.1) is 0 Å². The van der Waals surface area contributed by atoms with Crippen LogP contribution in [0, 0.1) is 0 Å². The lowest BCUT2D eigenvalue weighted by Gasteiger charge is -2.28. The molecular weight excluding hydrogens is 244 g/mol. The molecule has 1 unspecified atom stereocenters. The van der Waals surface area contributed by atoms with Gasteiger partial charge in [-0.3, -0.25) is 0 Å². The Hall–Kier alpha value is -1.38. The molecule has 2 nitrogen and oxygen atoms in total. The molecule has 3 rings (SSSR count). The summed E-state index contributed by atoms with van der Waals surface area (Å²) in [5.74, 6) is 0. The van der Waals surface area contributed by atoms with Crippen LogP contribution in [0.1, 0.15) is 43.7 Å². The largest absolute Gasteiger partial charge is 0.329 e. The van der Waals surface area contributed by atoms with Gasteiger partial charge in [-0.2, -0.15) is 0 Å². The molecule has 0 amide bonds. The highest BCUT2D eigenvalue weighted by Gasteiger charge is 2.19. The Labute approximate surface area is 121 Å². The normalized spacial score (nSPS) is 18.2. The number of nitrogens with one attached hydrogen (secondary N) is 1. The Morgan fingerprint density at radius 3 is 2.55 bits per heavy atom. The smallest absolute Gasteiger partial charge is 0.0452 e. The molecule has 0 aliphatic heterocycles. The number of benzene rings is 2. The summed E-state index contributed by atoms with van der Waals surface area (Å²) in [4.78, 5) is 0. The molecule has 0 heterocycles. The van der Waals surface area contributed by atoms with Gasteiger partial charge in [0.1, 0.15) is 0 Å². The highest BCUT2D eigenvalue weighted by Crippen LogP contribution is 2.26. The number of hydrogen-bond donors (Lipinski definition) is 2. The molecule has 1 aliphatic carbocycles. The summed E-state index contributed by atoms with van der Waals surface area (Å²) in [5, 5.41) is 6.42. The first-order valence-electron chi connectivity index (χ1n) is 7.82. The van der Waals surface area contributed by atoms with Crippen molar-refractivity contribution in [2.24, 2.45) is 5.73 Å². The summed E-state index contributed by atoms with van der Waals surface area (Å²) in [6, 6.07) is 16.0. The van der Waals surface area contributed by atoms with E-state index in [1.807, 2.05) is 0 Å². The molecular formula is C18H24N2. The van der Waals surface area contributed by atoms with Gasteiger partial charge >= 0.3 is 0 Å². The lowest BCUT2D eigenvalue weighted by molar-refractivity contribution is 0.341. The number of fused-ring (bicyclic) bond motifs is 1. The predicted molar refractivity (Wildman–Crippen MR) is 85.8 cm³/mol. The van der Waals surface area contributed by atoms with E-state index in [9.17, 15) is 0 Å². The second kappa shape index (κ2) is 6.38. The van der Waals surface area contributed by atoms with Crippen LogP contribution in [-0.4, -0.2) is 12.6 Å². The van der Waals surface area contributed by atoms with E-state index in [4.69, 9.17) is 5.73 Å². The van der Waals surface area contributed by atoms with E-state index in [-0.39, 0.29) is 6.04 Å². The Balaban J connectivity index is 1.86. The van der Waals surface area contributed by atoms with Gasteiger partial charge in [-0.05, 0) is 29.2 Å². The van der Waals surface area contributed by atoms with Crippen LogP contribution in [0.4, 0.5) is 0 Å². The second-order valence-electron chi connectivity index (χ2n) is 5.86. The summed E-state index contributed by atoms with van der Waals surface area (Å²) in [5.41, 5.74) is 7.39. The molecule has 20 heavy (non-hydrogen) atoms. The van der Waals surface area contributed by atoms with Crippen molar-refractivity contribution < 1.29 is 0 Å². The molecule has 1 saturated carbocycles. The molecule has 0 saturated heterocycles. The van der Waals surface area contributed by atoms with E-state index < -0.39 is 0 Å². The molecule has 1 fully saturated rings. The van der Waals surface area contributed by atoms with Gasteiger partial charge in [-0.1, -0.05) is 61.7 Å². The Bertz CT molecular complexity index is 553. The molecule has 1 atom stereocenters. The predicted octanol–water partition coefficient (Wildman–Crippen LogP) is 3.76. The Morgan fingerprint density at radius 2 is 1.75 bits per heavy atom. The molecule has 2 heteroatoms. The van der Waals surface area contributed by atoms with Crippen LogP contribution in [0.15, 0.2) is 42.5 Å². The first kappa shape index (κ1) is 13.6. The van der Waals surface area contributed by atoms with Gasteiger partial charge < -0.3 is 11.1 Å². The molecule has 2 aromatic carbocycles. The van der Waals surface area contributed by atoms with Crippen molar-refractivity contribution in [3.05, 3.63) is 48.0 Å².